The van der Waals surface area contributed by atoms with Crippen LogP contribution in [0.5, 0.6) is 5.75 Å². The molecule has 0 unspecified atom stereocenters. The Bertz CT molecular complexity index is 251. The molecule has 0 radical (unpaired) electrons. The molecule has 0 aromatic heterocycles. The standard InChI is InChI=1S/C8H7ClO2/c9-7-2-1-3-8(11)6(7)4-5-10/h1-3,5,11H,4H2. The van der Waals surface area contributed by atoms with Crippen LogP contribution < -0.4 is 0 Å². The number of hydrogen-bond acceptors (Lipinski definition) is 2. The molecule has 3 heteroatoms. The highest BCUT2D eigenvalue weighted by atomic mass is 35.5. The van der Waals surface area contributed by atoms with Crippen LogP contribution in [-0.4, -0.2) is 11.4 Å². The summed E-state index contributed by atoms with van der Waals surface area (Å²) < 4.78 is 0. The highest BCUT2D eigenvalue weighted by Crippen LogP contribution is 2.24. The summed E-state index contributed by atoms with van der Waals surface area (Å²) >= 11 is 5.69. The third-order valence-electron chi connectivity index (χ3n) is 1.38. The number of phenols is 1. The fraction of sp³-hybridized carbons (Fsp3) is 0.125. The van der Waals surface area contributed by atoms with Crippen molar-refractivity contribution in [1.82, 2.24) is 0 Å². The SMILES string of the molecule is O=CCc1c(O)cccc1Cl. The zero-order valence-electron chi connectivity index (χ0n) is 5.75. The van der Waals surface area contributed by atoms with E-state index >= 15 is 0 Å². The highest BCUT2D eigenvalue weighted by Gasteiger charge is 2.03. The van der Waals surface area contributed by atoms with Crippen LogP contribution in [0, 0.1) is 0 Å². The number of phenolic OH excluding ortho intramolecular Hbond substituents is 1. The smallest absolute Gasteiger partial charge is 0.124 e. The summed E-state index contributed by atoms with van der Waals surface area (Å²) in [5, 5.41) is 9.61. The van der Waals surface area contributed by atoms with Crippen molar-refractivity contribution in [3.8, 4) is 5.75 Å². The molecule has 0 aliphatic rings. The van der Waals surface area contributed by atoms with Gasteiger partial charge in [-0.15, -0.1) is 0 Å². The first-order valence-corrected chi connectivity index (χ1v) is 3.53. The molecule has 1 aromatic carbocycles. The van der Waals surface area contributed by atoms with Gasteiger partial charge in [0.05, 0.1) is 0 Å². The van der Waals surface area contributed by atoms with Gasteiger partial charge >= 0.3 is 0 Å². The summed E-state index contributed by atoms with van der Waals surface area (Å²) in [6, 6.07) is 4.77. The molecular weight excluding hydrogens is 164 g/mol. The minimum absolute atomic E-state index is 0.0737. The Hall–Kier alpha value is -1.02. The van der Waals surface area contributed by atoms with Crippen LogP contribution in [0.25, 0.3) is 0 Å². The van der Waals surface area contributed by atoms with Crippen molar-refractivity contribution in [2.45, 2.75) is 6.42 Å². The summed E-state index contributed by atoms with van der Waals surface area (Å²) in [7, 11) is 0. The molecule has 58 valence electrons. The second-order valence-electron chi connectivity index (χ2n) is 2.11. The second kappa shape index (κ2) is 3.39. The topological polar surface area (TPSA) is 37.3 Å². The first-order valence-electron chi connectivity index (χ1n) is 3.15. The largest absolute Gasteiger partial charge is 0.508 e. The van der Waals surface area contributed by atoms with Gasteiger partial charge in [0.15, 0.2) is 0 Å². The maximum Gasteiger partial charge on any atom is 0.124 e. The molecular formula is C8H7ClO2. The number of benzene rings is 1. The monoisotopic (exact) mass is 170 g/mol. The van der Waals surface area contributed by atoms with Gasteiger partial charge in [-0.1, -0.05) is 17.7 Å². The fourth-order valence-corrected chi connectivity index (χ4v) is 1.08. The summed E-state index contributed by atoms with van der Waals surface area (Å²) in [6.45, 7) is 0. The molecule has 0 heterocycles. The lowest BCUT2D eigenvalue weighted by Crippen LogP contribution is -1.87. The number of halogens is 1. The maximum absolute atomic E-state index is 10.1. The molecule has 2 nitrogen and oxygen atoms in total. The van der Waals surface area contributed by atoms with Gasteiger partial charge in [0.2, 0.25) is 0 Å². The molecule has 0 atom stereocenters. The van der Waals surface area contributed by atoms with Crippen molar-refractivity contribution in [2.75, 3.05) is 0 Å². The Morgan fingerprint density at radius 2 is 2.27 bits per heavy atom. The molecule has 0 saturated carbocycles. The number of hydrogen-bond donors (Lipinski definition) is 1. The summed E-state index contributed by atoms with van der Waals surface area (Å²) in [5.41, 5.74) is 0.490. The van der Waals surface area contributed by atoms with Gasteiger partial charge in [0.25, 0.3) is 0 Å². The molecule has 0 aliphatic carbocycles. The van der Waals surface area contributed by atoms with Gasteiger partial charge in [-0.2, -0.15) is 0 Å². The van der Waals surface area contributed by atoms with E-state index < -0.39 is 0 Å². The normalized spacial score (nSPS) is 9.55. The Morgan fingerprint density at radius 3 is 2.82 bits per heavy atom. The van der Waals surface area contributed by atoms with E-state index in [1.54, 1.807) is 12.1 Å². The molecule has 1 rings (SSSR count). The van der Waals surface area contributed by atoms with Crippen LogP contribution in [0.15, 0.2) is 18.2 Å². The van der Waals surface area contributed by atoms with E-state index in [9.17, 15) is 9.90 Å². The second-order valence-corrected chi connectivity index (χ2v) is 2.52. The maximum atomic E-state index is 10.1. The average Bonchev–Trinajstić information content (AvgIpc) is 1.97. The molecule has 0 saturated heterocycles. The van der Waals surface area contributed by atoms with Crippen molar-refractivity contribution < 1.29 is 9.90 Å². The van der Waals surface area contributed by atoms with E-state index in [-0.39, 0.29) is 12.2 Å². The van der Waals surface area contributed by atoms with E-state index in [1.807, 2.05) is 0 Å². The lowest BCUT2D eigenvalue weighted by molar-refractivity contribution is -0.107. The van der Waals surface area contributed by atoms with Gasteiger partial charge in [-0.3, -0.25) is 0 Å². The fourth-order valence-electron chi connectivity index (χ4n) is 0.833. The third kappa shape index (κ3) is 1.71. The van der Waals surface area contributed by atoms with Crippen LogP contribution in [0.3, 0.4) is 0 Å². The van der Waals surface area contributed by atoms with Crippen LogP contribution in [0.1, 0.15) is 5.56 Å². The Kier molecular flexibility index (Phi) is 2.49. The van der Waals surface area contributed by atoms with Crippen LogP contribution in [0.4, 0.5) is 0 Å². The summed E-state index contributed by atoms with van der Waals surface area (Å²) in [4.78, 5) is 10.1. The molecule has 1 N–H and O–H groups in total. The van der Waals surface area contributed by atoms with Gasteiger partial charge in [0, 0.05) is 17.0 Å². The number of aldehydes is 1. The lowest BCUT2D eigenvalue weighted by Gasteiger charge is -2.01. The highest BCUT2D eigenvalue weighted by molar-refractivity contribution is 6.31. The van der Waals surface area contributed by atoms with E-state index in [2.05, 4.69) is 0 Å². The van der Waals surface area contributed by atoms with Crippen LogP contribution in [-0.2, 0) is 11.2 Å². The molecule has 0 bridgehead atoms. The van der Waals surface area contributed by atoms with Crippen LogP contribution >= 0.6 is 11.6 Å². The first kappa shape index (κ1) is 8.08. The molecule has 1 aromatic rings. The summed E-state index contributed by atoms with van der Waals surface area (Å²) in [5.74, 6) is 0.0737. The quantitative estimate of drug-likeness (QED) is 0.688. The molecule has 0 amide bonds. The minimum atomic E-state index is 0.0737. The van der Waals surface area contributed by atoms with E-state index in [4.69, 9.17) is 11.6 Å². The van der Waals surface area contributed by atoms with Crippen molar-refractivity contribution in [2.24, 2.45) is 0 Å². The predicted octanol–water partition coefficient (Wildman–Crippen LogP) is 1.79. The van der Waals surface area contributed by atoms with Crippen molar-refractivity contribution in [1.29, 1.82) is 0 Å². The molecule has 11 heavy (non-hydrogen) atoms. The first-order chi connectivity index (χ1) is 5.25. The Labute approximate surface area is 69.4 Å². The number of rotatable bonds is 2. The predicted molar refractivity (Wildman–Crippen MR) is 42.9 cm³/mol. The van der Waals surface area contributed by atoms with Crippen molar-refractivity contribution in [3.05, 3.63) is 28.8 Å². The lowest BCUT2D eigenvalue weighted by atomic mass is 10.1. The van der Waals surface area contributed by atoms with E-state index in [1.165, 1.54) is 6.07 Å². The molecule has 0 spiro atoms. The average molecular weight is 171 g/mol. The van der Waals surface area contributed by atoms with Gasteiger partial charge < -0.3 is 9.90 Å². The number of aromatic hydroxyl groups is 1. The van der Waals surface area contributed by atoms with E-state index in [0.717, 1.165) is 0 Å². The van der Waals surface area contributed by atoms with Gasteiger partial charge in [-0.05, 0) is 12.1 Å². The zero-order valence-corrected chi connectivity index (χ0v) is 6.51. The Balaban J connectivity index is 3.09. The Morgan fingerprint density at radius 1 is 1.55 bits per heavy atom. The van der Waals surface area contributed by atoms with Gasteiger partial charge in [0.1, 0.15) is 12.0 Å². The van der Waals surface area contributed by atoms with Crippen molar-refractivity contribution in [3.63, 3.8) is 0 Å². The van der Waals surface area contributed by atoms with Gasteiger partial charge in [-0.25, -0.2) is 0 Å². The number of carbonyl (C=O) groups is 1. The van der Waals surface area contributed by atoms with Crippen LogP contribution in [0.2, 0.25) is 5.02 Å². The molecule has 0 fully saturated rings. The number of carbonyl (C=O) groups excluding carboxylic acids is 1. The van der Waals surface area contributed by atoms with Crippen molar-refractivity contribution >= 4 is 17.9 Å². The zero-order chi connectivity index (χ0) is 8.27. The van der Waals surface area contributed by atoms with E-state index in [0.29, 0.717) is 16.9 Å². The third-order valence-corrected chi connectivity index (χ3v) is 1.74. The summed E-state index contributed by atoms with van der Waals surface area (Å²) in [6.07, 6.45) is 0.867. The molecule has 0 aliphatic heterocycles. The minimum Gasteiger partial charge on any atom is -0.508 e.